The summed E-state index contributed by atoms with van der Waals surface area (Å²) >= 11 is 1.65. The Hall–Kier alpha value is -1.62. The SMILES string of the molecule is CNc1ccc(CSc2cnccn2)cn1. The minimum absolute atomic E-state index is 0.857. The number of hydrogen-bond acceptors (Lipinski definition) is 5. The molecule has 2 aromatic rings. The second-order valence-electron chi connectivity index (χ2n) is 3.13. The van der Waals surface area contributed by atoms with E-state index >= 15 is 0 Å². The Balaban J connectivity index is 1.94. The third-order valence-corrected chi connectivity index (χ3v) is 2.99. The molecule has 0 radical (unpaired) electrons. The van der Waals surface area contributed by atoms with E-state index in [0.717, 1.165) is 16.6 Å². The van der Waals surface area contributed by atoms with Gasteiger partial charge in [-0.25, -0.2) is 9.97 Å². The second kappa shape index (κ2) is 5.46. The molecule has 0 aromatic carbocycles. The molecule has 0 spiro atoms. The molecule has 0 saturated heterocycles. The molecule has 0 aliphatic carbocycles. The first-order chi connectivity index (χ1) is 7.88. The highest BCUT2D eigenvalue weighted by atomic mass is 32.2. The molecule has 0 atom stereocenters. The predicted molar refractivity (Wildman–Crippen MR) is 65.4 cm³/mol. The van der Waals surface area contributed by atoms with Crippen molar-refractivity contribution in [1.82, 2.24) is 15.0 Å². The number of thioether (sulfide) groups is 1. The highest BCUT2D eigenvalue weighted by molar-refractivity contribution is 7.98. The molecule has 1 N–H and O–H groups in total. The maximum absolute atomic E-state index is 4.25. The Bertz CT molecular complexity index is 429. The number of rotatable bonds is 4. The lowest BCUT2D eigenvalue weighted by Crippen LogP contribution is -1.92. The van der Waals surface area contributed by atoms with Crippen molar-refractivity contribution in [2.24, 2.45) is 0 Å². The number of nitrogens with one attached hydrogen (secondary N) is 1. The van der Waals surface area contributed by atoms with Crippen LogP contribution >= 0.6 is 11.8 Å². The van der Waals surface area contributed by atoms with Crippen molar-refractivity contribution in [3.8, 4) is 0 Å². The van der Waals surface area contributed by atoms with E-state index in [4.69, 9.17) is 0 Å². The third-order valence-electron chi connectivity index (χ3n) is 2.01. The lowest BCUT2D eigenvalue weighted by Gasteiger charge is -2.02. The van der Waals surface area contributed by atoms with Gasteiger partial charge in [-0.2, -0.15) is 0 Å². The smallest absolute Gasteiger partial charge is 0.125 e. The van der Waals surface area contributed by atoms with Crippen LogP contribution in [0.25, 0.3) is 0 Å². The summed E-state index contributed by atoms with van der Waals surface area (Å²) in [5.74, 6) is 1.74. The first kappa shape index (κ1) is 10.9. The zero-order chi connectivity index (χ0) is 11.2. The van der Waals surface area contributed by atoms with Gasteiger partial charge in [-0.1, -0.05) is 6.07 Å². The van der Waals surface area contributed by atoms with Gasteiger partial charge in [-0.15, -0.1) is 11.8 Å². The molecule has 0 fully saturated rings. The van der Waals surface area contributed by atoms with Crippen LogP contribution in [0, 0.1) is 0 Å². The summed E-state index contributed by atoms with van der Waals surface area (Å²) in [5.41, 5.74) is 1.18. The summed E-state index contributed by atoms with van der Waals surface area (Å²) in [6, 6.07) is 4.02. The van der Waals surface area contributed by atoms with E-state index in [-0.39, 0.29) is 0 Å². The molecule has 2 rings (SSSR count). The van der Waals surface area contributed by atoms with E-state index < -0.39 is 0 Å². The highest BCUT2D eigenvalue weighted by Crippen LogP contribution is 2.19. The summed E-state index contributed by atoms with van der Waals surface area (Å²) in [6.45, 7) is 0. The minimum Gasteiger partial charge on any atom is -0.373 e. The molecule has 2 heterocycles. The monoisotopic (exact) mass is 232 g/mol. The fourth-order valence-corrected chi connectivity index (χ4v) is 1.93. The summed E-state index contributed by atoms with van der Waals surface area (Å²) in [6.07, 6.45) is 7.01. The molecule has 82 valence electrons. The lowest BCUT2D eigenvalue weighted by molar-refractivity contribution is 1.05. The Morgan fingerprint density at radius 1 is 1.19 bits per heavy atom. The molecule has 0 aliphatic heterocycles. The fraction of sp³-hybridized carbons (Fsp3) is 0.182. The number of pyridine rings is 1. The lowest BCUT2D eigenvalue weighted by atomic mass is 10.3. The van der Waals surface area contributed by atoms with Crippen molar-refractivity contribution < 1.29 is 0 Å². The van der Waals surface area contributed by atoms with Gasteiger partial charge in [0.25, 0.3) is 0 Å². The van der Waals surface area contributed by atoms with Gasteiger partial charge in [-0.3, -0.25) is 4.98 Å². The Morgan fingerprint density at radius 2 is 2.12 bits per heavy atom. The maximum Gasteiger partial charge on any atom is 0.125 e. The molecule has 0 unspecified atom stereocenters. The van der Waals surface area contributed by atoms with Crippen molar-refractivity contribution in [3.05, 3.63) is 42.5 Å². The second-order valence-corrected chi connectivity index (χ2v) is 4.13. The highest BCUT2D eigenvalue weighted by Gasteiger charge is 1.98. The number of nitrogens with zero attached hydrogens (tertiary/aromatic N) is 3. The molecule has 0 aliphatic rings. The molecule has 0 saturated carbocycles. The van der Waals surface area contributed by atoms with Crippen LogP contribution in [0.4, 0.5) is 5.82 Å². The van der Waals surface area contributed by atoms with Gasteiger partial charge in [0, 0.05) is 31.4 Å². The molecular formula is C11H12N4S. The van der Waals surface area contributed by atoms with Gasteiger partial charge >= 0.3 is 0 Å². The normalized spacial score (nSPS) is 10.1. The summed E-state index contributed by atoms with van der Waals surface area (Å²) < 4.78 is 0. The Labute approximate surface area is 98.6 Å². The number of anilines is 1. The standard InChI is InChI=1S/C11H12N4S/c1-12-10-3-2-9(6-15-10)8-16-11-7-13-4-5-14-11/h2-7H,8H2,1H3,(H,12,15). The van der Waals surface area contributed by atoms with Gasteiger partial charge in [0.15, 0.2) is 0 Å². The van der Waals surface area contributed by atoms with Gasteiger partial charge in [0.2, 0.25) is 0 Å². The van der Waals surface area contributed by atoms with E-state index in [1.807, 2.05) is 19.3 Å². The molecule has 2 aromatic heterocycles. The van der Waals surface area contributed by atoms with E-state index in [2.05, 4.69) is 26.3 Å². The van der Waals surface area contributed by atoms with Crippen molar-refractivity contribution >= 4 is 17.6 Å². The van der Waals surface area contributed by atoms with Gasteiger partial charge in [-0.05, 0) is 11.6 Å². The van der Waals surface area contributed by atoms with E-state index in [1.165, 1.54) is 5.56 Å². The average Bonchev–Trinajstić information content (AvgIpc) is 2.38. The molecule has 0 bridgehead atoms. The minimum atomic E-state index is 0.857. The Kier molecular flexibility index (Phi) is 3.71. The number of hydrogen-bond donors (Lipinski definition) is 1. The Morgan fingerprint density at radius 3 is 2.75 bits per heavy atom. The topological polar surface area (TPSA) is 50.7 Å². The molecule has 16 heavy (non-hydrogen) atoms. The largest absolute Gasteiger partial charge is 0.373 e. The van der Waals surface area contributed by atoms with Crippen LogP contribution in [-0.4, -0.2) is 22.0 Å². The quantitative estimate of drug-likeness (QED) is 0.819. The van der Waals surface area contributed by atoms with Crippen LogP contribution in [-0.2, 0) is 5.75 Å². The maximum atomic E-state index is 4.25. The first-order valence-electron chi connectivity index (χ1n) is 4.90. The van der Waals surface area contributed by atoms with E-state index in [0.29, 0.717) is 0 Å². The van der Waals surface area contributed by atoms with Crippen LogP contribution < -0.4 is 5.32 Å². The van der Waals surface area contributed by atoms with Gasteiger partial charge in [0.1, 0.15) is 10.8 Å². The third kappa shape index (κ3) is 2.93. The van der Waals surface area contributed by atoms with Crippen molar-refractivity contribution in [2.45, 2.75) is 10.8 Å². The first-order valence-corrected chi connectivity index (χ1v) is 5.88. The predicted octanol–water partition coefficient (Wildman–Crippen LogP) is 2.21. The zero-order valence-corrected chi connectivity index (χ0v) is 9.74. The van der Waals surface area contributed by atoms with E-state index in [9.17, 15) is 0 Å². The van der Waals surface area contributed by atoms with Gasteiger partial charge in [0.05, 0.1) is 6.20 Å². The van der Waals surface area contributed by atoms with Gasteiger partial charge < -0.3 is 5.32 Å². The summed E-state index contributed by atoms with van der Waals surface area (Å²) in [4.78, 5) is 12.5. The van der Waals surface area contributed by atoms with E-state index in [1.54, 1.807) is 30.4 Å². The van der Waals surface area contributed by atoms with Crippen molar-refractivity contribution in [3.63, 3.8) is 0 Å². The molecule has 4 nitrogen and oxygen atoms in total. The van der Waals surface area contributed by atoms with Crippen LogP contribution in [0.15, 0.2) is 41.9 Å². The molecule has 5 heteroatoms. The summed E-state index contributed by atoms with van der Waals surface area (Å²) in [7, 11) is 1.86. The zero-order valence-electron chi connectivity index (χ0n) is 8.92. The van der Waals surface area contributed by atoms with Crippen molar-refractivity contribution in [1.29, 1.82) is 0 Å². The average molecular weight is 232 g/mol. The molecular weight excluding hydrogens is 220 g/mol. The van der Waals surface area contributed by atoms with Crippen LogP contribution in [0.3, 0.4) is 0 Å². The van der Waals surface area contributed by atoms with Crippen LogP contribution in [0.1, 0.15) is 5.56 Å². The van der Waals surface area contributed by atoms with Crippen LogP contribution in [0.5, 0.6) is 0 Å². The number of aromatic nitrogens is 3. The fourth-order valence-electron chi connectivity index (χ4n) is 1.17. The van der Waals surface area contributed by atoms with Crippen molar-refractivity contribution in [2.75, 3.05) is 12.4 Å². The van der Waals surface area contributed by atoms with Crippen LogP contribution in [0.2, 0.25) is 0 Å². The molecule has 0 amide bonds. The summed E-state index contributed by atoms with van der Waals surface area (Å²) in [5, 5.41) is 3.92.